The van der Waals surface area contributed by atoms with Crippen molar-refractivity contribution < 1.29 is 5.11 Å². The molecule has 0 aliphatic heterocycles. The predicted molar refractivity (Wildman–Crippen MR) is 62.1 cm³/mol. The van der Waals surface area contributed by atoms with Crippen molar-refractivity contribution in [3.05, 3.63) is 36.4 Å². The number of aliphatic hydroxyl groups excluding tert-OH is 1. The summed E-state index contributed by atoms with van der Waals surface area (Å²) in [5.41, 5.74) is 0.986. The van der Waals surface area contributed by atoms with E-state index < -0.39 is 0 Å². The summed E-state index contributed by atoms with van der Waals surface area (Å²) in [7, 11) is 1.92. The monoisotopic (exact) mass is 202 g/mol. The molecule has 1 heterocycles. The van der Waals surface area contributed by atoms with Crippen LogP contribution in [0, 0.1) is 0 Å². The van der Waals surface area contributed by atoms with E-state index in [0.29, 0.717) is 6.54 Å². The van der Waals surface area contributed by atoms with E-state index >= 15 is 0 Å². The van der Waals surface area contributed by atoms with Crippen molar-refractivity contribution in [3.8, 4) is 0 Å². The van der Waals surface area contributed by atoms with E-state index in [2.05, 4.69) is 4.98 Å². The molecule has 0 aliphatic rings. The molecule has 1 aromatic carbocycles. The van der Waals surface area contributed by atoms with Crippen molar-refractivity contribution in [2.75, 3.05) is 25.1 Å². The van der Waals surface area contributed by atoms with E-state index in [9.17, 15) is 0 Å². The van der Waals surface area contributed by atoms with Crippen LogP contribution in [0.4, 0.5) is 5.82 Å². The Labute approximate surface area is 89.0 Å². The van der Waals surface area contributed by atoms with Gasteiger partial charge in [-0.2, -0.15) is 0 Å². The molecule has 3 nitrogen and oxygen atoms in total. The molecule has 0 saturated heterocycles. The summed E-state index contributed by atoms with van der Waals surface area (Å²) < 4.78 is 0. The third kappa shape index (κ3) is 2.07. The molecule has 2 rings (SSSR count). The van der Waals surface area contributed by atoms with Crippen LogP contribution in [0.25, 0.3) is 10.9 Å². The van der Waals surface area contributed by atoms with Gasteiger partial charge in [-0.05, 0) is 18.2 Å². The fraction of sp³-hybridized carbons (Fsp3) is 0.250. The highest BCUT2D eigenvalue weighted by molar-refractivity contribution is 5.80. The quantitative estimate of drug-likeness (QED) is 0.822. The lowest BCUT2D eigenvalue weighted by atomic mass is 10.2. The SMILES string of the molecule is CN(CCO)c1ccc2ccccc2n1. The maximum Gasteiger partial charge on any atom is 0.129 e. The van der Waals surface area contributed by atoms with Gasteiger partial charge in [-0.25, -0.2) is 4.98 Å². The van der Waals surface area contributed by atoms with Crippen LogP contribution in [0.5, 0.6) is 0 Å². The van der Waals surface area contributed by atoms with E-state index in [4.69, 9.17) is 5.11 Å². The summed E-state index contributed by atoms with van der Waals surface area (Å²) in [6.07, 6.45) is 0. The third-order valence-corrected chi connectivity index (χ3v) is 2.41. The second-order valence-corrected chi connectivity index (χ2v) is 3.51. The van der Waals surface area contributed by atoms with Crippen molar-refractivity contribution in [2.45, 2.75) is 0 Å². The maximum atomic E-state index is 8.84. The smallest absolute Gasteiger partial charge is 0.129 e. The summed E-state index contributed by atoms with van der Waals surface area (Å²) in [4.78, 5) is 6.45. The molecule has 0 bridgehead atoms. The Morgan fingerprint density at radius 2 is 2.00 bits per heavy atom. The Hall–Kier alpha value is -1.61. The summed E-state index contributed by atoms with van der Waals surface area (Å²) >= 11 is 0. The molecule has 0 fully saturated rings. The molecular weight excluding hydrogens is 188 g/mol. The highest BCUT2D eigenvalue weighted by Gasteiger charge is 2.02. The molecule has 0 amide bonds. The Morgan fingerprint density at radius 3 is 2.80 bits per heavy atom. The Bertz CT molecular complexity index is 456. The zero-order chi connectivity index (χ0) is 10.7. The molecule has 0 atom stereocenters. The van der Waals surface area contributed by atoms with Crippen LogP contribution in [0.2, 0.25) is 0 Å². The van der Waals surface area contributed by atoms with Gasteiger partial charge in [-0.1, -0.05) is 18.2 Å². The lowest BCUT2D eigenvalue weighted by Crippen LogP contribution is -2.22. The molecule has 0 saturated carbocycles. The molecule has 0 unspecified atom stereocenters. The van der Waals surface area contributed by atoms with Crippen LogP contribution in [0.1, 0.15) is 0 Å². The lowest BCUT2D eigenvalue weighted by Gasteiger charge is -2.16. The first-order valence-electron chi connectivity index (χ1n) is 4.99. The standard InChI is InChI=1S/C12H14N2O/c1-14(8-9-15)12-7-6-10-4-2-3-5-11(10)13-12/h2-7,15H,8-9H2,1H3. The van der Waals surface area contributed by atoms with E-state index in [1.807, 2.05) is 48.3 Å². The minimum Gasteiger partial charge on any atom is -0.395 e. The Morgan fingerprint density at radius 1 is 1.20 bits per heavy atom. The fourth-order valence-electron chi connectivity index (χ4n) is 1.53. The van der Waals surface area contributed by atoms with E-state index in [1.54, 1.807) is 0 Å². The van der Waals surface area contributed by atoms with Crippen molar-refractivity contribution in [3.63, 3.8) is 0 Å². The van der Waals surface area contributed by atoms with Gasteiger partial charge in [0.1, 0.15) is 5.82 Å². The van der Waals surface area contributed by atoms with E-state index in [-0.39, 0.29) is 6.61 Å². The summed E-state index contributed by atoms with van der Waals surface area (Å²) in [6, 6.07) is 12.0. The summed E-state index contributed by atoms with van der Waals surface area (Å²) in [6.45, 7) is 0.746. The number of hydrogen-bond donors (Lipinski definition) is 1. The number of hydrogen-bond acceptors (Lipinski definition) is 3. The maximum absolute atomic E-state index is 8.84. The van der Waals surface area contributed by atoms with Crippen LogP contribution in [0.3, 0.4) is 0 Å². The average Bonchev–Trinajstić information content (AvgIpc) is 2.29. The minimum absolute atomic E-state index is 0.144. The first-order chi connectivity index (χ1) is 7.31. The number of likely N-dealkylation sites (N-methyl/N-ethyl adjacent to an activating group) is 1. The van der Waals surface area contributed by atoms with Gasteiger partial charge in [0, 0.05) is 19.0 Å². The van der Waals surface area contributed by atoms with Gasteiger partial charge in [-0.3, -0.25) is 0 Å². The number of benzene rings is 1. The number of nitrogens with zero attached hydrogens (tertiary/aromatic N) is 2. The molecule has 3 heteroatoms. The van der Waals surface area contributed by atoms with Crippen LogP contribution in [0.15, 0.2) is 36.4 Å². The lowest BCUT2D eigenvalue weighted by molar-refractivity contribution is 0.304. The van der Waals surface area contributed by atoms with Gasteiger partial charge >= 0.3 is 0 Å². The Kier molecular flexibility index (Phi) is 2.83. The number of para-hydroxylation sites is 1. The minimum atomic E-state index is 0.144. The zero-order valence-corrected chi connectivity index (χ0v) is 8.72. The van der Waals surface area contributed by atoms with Crippen LogP contribution >= 0.6 is 0 Å². The van der Waals surface area contributed by atoms with Gasteiger partial charge in [0.2, 0.25) is 0 Å². The van der Waals surface area contributed by atoms with Gasteiger partial charge in [0.15, 0.2) is 0 Å². The number of rotatable bonds is 3. The molecule has 0 spiro atoms. The largest absolute Gasteiger partial charge is 0.395 e. The summed E-state index contributed by atoms with van der Waals surface area (Å²) in [5.74, 6) is 0.891. The van der Waals surface area contributed by atoms with Crippen LogP contribution in [-0.2, 0) is 0 Å². The van der Waals surface area contributed by atoms with Crippen molar-refractivity contribution in [2.24, 2.45) is 0 Å². The fourth-order valence-corrected chi connectivity index (χ4v) is 1.53. The van der Waals surface area contributed by atoms with Crippen molar-refractivity contribution in [1.82, 2.24) is 4.98 Å². The number of aromatic nitrogens is 1. The second-order valence-electron chi connectivity index (χ2n) is 3.51. The number of fused-ring (bicyclic) bond motifs is 1. The molecule has 0 aliphatic carbocycles. The molecule has 78 valence electrons. The van der Waals surface area contributed by atoms with Crippen LogP contribution in [-0.4, -0.2) is 30.3 Å². The molecule has 0 radical (unpaired) electrons. The van der Waals surface area contributed by atoms with E-state index in [1.165, 1.54) is 0 Å². The van der Waals surface area contributed by atoms with Gasteiger partial charge in [0.25, 0.3) is 0 Å². The van der Waals surface area contributed by atoms with Crippen molar-refractivity contribution in [1.29, 1.82) is 0 Å². The zero-order valence-electron chi connectivity index (χ0n) is 8.72. The Balaban J connectivity index is 2.38. The van der Waals surface area contributed by atoms with Gasteiger partial charge in [0.05, 0.1) is 12.1 Å². The highest BCUT2D eigenvalue weighted by Crippen LogP contribution is 2.16. The molecular formula is C12H14N2O. The molecule has 2 aromatic rings. The van der Waals surface area contributed by atoms with Gasteiger partial charge < -0.3 is 10.0 Å². The van der Waals surface area contributed by atoms with Crippen molar-refractivity contribution >= 4 is 16.7 Å². The third-order valence-electron chi connectivity index (χ3n) is 2.41. The molecule has 1 aromatic heterocycles. The van der Waals surface area contributed by atoms with Gasteiger partial charge in [-0.15, -0.1) is 0 Å². The first-order valence-corrected chi connectivity index (χ1v) is 4.99. The first kappa shape index (κ1) is 9.93. The topological polar surface area (TPSA) is 36.4 Å². The number of pyridine rings is 1. The average molecular weight is 202 g/mol. The second kappa shape index (κ2) is 4.28. The summed E-state index contributed by atoms with van der Waals surface area (Å²) in [5, 5.41) is 9.98. The molecule has 1 N–H and O–H groups in total. The molecule has 15 heavy (non-hydrogen) atoms. The highest BCUT2D eigenvalue weighted by atomic mass is 16.3. The number of aliphatic hydroxyl groups is 1. The van der Waals surface area contributed by atoms with E-state index in [0.717, 1.165) is 16.7 Å². The predicted octanol–water partition coefficient (Wildman–Crippen LogP) is 1.66. The normalized spacial score (nSPS) is 10.5. The van der Waals surface area contributed by atoms with Crippen LogP contribution < -0.4 is 4.90 Å². The number of anilines is 1.